The van der Waals surface area contributed by atoms with Gasteiger partial charge in [0.1, 0.15) is 24.4 Å². The summed E-state index contributed by atoms with van der Waals surface area (Å²) in [6, 6.07) is 0. The van der Waals surface area contributed by atoms with Gasteiger partial charge in [-0.3, -0.25) is 19.2 Å². The van der Waals surface area contributed by atoms with E-state index in [-0.39, 0.29) is 5.92 Å². The van der Waals surface area contributed by atoms with Crippen molar-refractivity contribution < 1.29 is 43.2 Å². The molecule has 224 valence electrons. The normalized spacial score (nSPS) is 34.8. The zero-order valence-electron chi connectivity index (χ0n) is 25.4. The lowest BCUT2D eigenvalue weighted by molar-refractivity contribution is -0.177. The number of esters is 4. The summed E-state index contributed by atoms with van der Waals surface area (Å²) in [6.45, 7) is 19.7. The van der Waals surface area contributed by atoms with Gasteiger partial charge >= 0.3 is 23.9 Å². The van der Waals surface area contributed by atoms with E-state index in [0.29, 0.717) is 31.3 Å². The molecule has 0 aromatic heterocycles. The lowest BCUT2D eigenvalue weighted by Gasteiger charge is -2.58. The minimum absolute atomic E-state index is 0.351. The van der Waals surface area contributed by atoms with E-state index in [1.54, 1.807) is 6.92 Å². The van der Waals surface area contributed by atoms with Gasteiger partial charge in [-0.15, -0.1) is 0 Å². The Morgan fingerprint density at radius 1 is 0.900 bits per heavy atom. The second-order valence-electron chi connectivity index (χ2n) is 12.8. The van der Waals surface area contributed by atoms with Crippen molar-refractivity contribution in [3.8, 4) is 0 Å². The molecule has 40 heavy (non-hydrogen) atoms. The van der Waals surface area contributed by atoms with Crippen LogP contribution in [0.25, 0.3) is 0 Å². The summed E-state index contributed by atoms with van der Waals surface area (Å²) >= 11 is 0. The van der Waals surface area contributed by atoms with Gasteiger partial charge < -0.3 is 24.1 Å². The minimum Gasteiger partial charge on any atom is -0.462 e. The molecule has 1 N–H and O–H groups in total. The highest BCUT2D eigenvalue weighted by molar-refractivity contribution is 5.73. The van der Waals surface area contributed by atoms with Gasteiger partial charge in [0.2, 0.25) is 0 Å². The molecule has 0 aliphatic heterocycles. The smallest absolute Gasteiger partial charge is 0.311 e. The summed E-state index contributed by atoms with van der Waals surface area (Å²) in [7, 11) is 0. The van der Waals surface area contributed by atoms with E-state index in [1.165, 1.54) is 27.7 Å². The first-order valence-electron chi connectivity index (χ1n) is 14.2. The van der Waals surface area contributed by atoms with Crippen LogP contribution in [0.1, 0.15) is 88.0 Å². The monoisotopic (exact) mass is 562 g/mol. The molecule has 9 heteroatoms. The average Bonchev–Trinajstić information content (AvgIpc) is 2.80. The van der Waals surface area contributed by atoms with Gasteiger partial charge in [0.05, 0.1) is 12.0 Å². The van der Waals surface area contributed by atoms with Crippen LogP contribution >= 0.6 is 0 Å². The quantitative estimate of drug-likeness (QED) is 0.284. The third-order valence-corrected chi connectivity index (χ3v) is 9.51. The second-order valence-corrected chi connectivity index (χ2v) is 12.8. The summed E-state index contributed by atoms with van der Waals surface area (Å²) in [5, 5.41) is 10.00. The number of hydrogen-bond donors (Lipinski definition) is 1. The van der Waals surface area contributed by atoms with E-state index in [1.807, 2.05) is 20.8 Å². The second kappa shape index (κ2) is 11.7. The largest absolute Gasteiger partial charge is 0.462 e. The third kappa shape index (κ3) is 6.14. The predicted molar refractivity (Wildman–Crippen MR) is 147 cm³/mol. The van der Waals surface area contributed by atoms with Crippen LogP contribution < -0.4 is 0 Å². The van der Waals surface area contributed by atoms with Crippen LogP contribution in [0.5, 0.6) is 0 Å². The highest BCUT2D eigenvalue weighted by Crippen LogP contribution is 2.60. The number of ether oxygens (including phenoxy) is 4. The van der Waals surface area contributed by atoms with Crippen molar-refractivity contribution in [3.63, 3.8) is 0 Å². The fourth-order valence-electron chi connectivity index (χ4n) is 7.40. The fourth-order valence-corrected chi connectivity index (χ4v) is 7.40. The van der Waals surface area contributed by atoms with Crippen LogP contribution in [0.3, 0.4) is 0 Å². The highest BCUT2D eigenvalue weighted by Gasteiger charge is 2.60. The molecular weight excluding hydrogens is 516 g/mol. The van der Waals surface area contributed by atoms with Crippen LogP contribution in [0.15, 0.2) is 23.3 Å². The van der Waals surface area contributed by atoms with E-state index in [9.17, 15) is 24.3 Å². The Bertz CT molecular complexity index is 1090. The zero-order chi connectivity index (χ0) is 30.3. The number of aliphatic hydroxyl groups is 1. The Balaban J connectivity index is 2.24. The van der Waals surface area contributed by atoms with Gasteiger partial charge in [0, 0.05) is 32.6 Å². The molecule has 2 fully saturated rings. The molecular formula is C31H46O9. The van der Waals surface area contributed by atoms with Gasteiger partial charge in [0.25, 0.3) is 0 Å². The highest BCUT2D eigenvalue weighted by atomic mass is 16.6. The third-order valence-electron chi connectivity index (χ3n) is 9.51. The van der Waals surface area contributed by atoms with Crippen molar-refractivity contribution >= 4 is 23.9 Å². The lowest BCUT2D eigenvalue weighted by atomic mass is 9.50. The van der Waals surface area contributed by atoms with Crippen molar-refractivity contribution in [2.75, 3.05) is 0 Å². The standard InChI is InChI=1S/C31H46O9/c1-15(18(4)32)29(36)40-24-13-22-28(39-21(7)35)27-16(2)23(37-19(5)33)11-12-31(27,10)14-25(38-20(6)34)26(17(24)3)30(22,8)9/h15,18,22-25,27-28,32H,2,11-14H2,1,3-10H3/t15-,18+,22+,23+,24+,25+,27+,28-,31+/m1/s1. The number of carbonyl (C=O) groups is 4. The van der Waals surface area contributed by atoms with E-state index in [2.05, 4.69) is 13.5 Å². The molecule has 3 rings (SSSR count). The Hall–Kier alpha value is -2.68. The molecule has 3 aliphatic rings. The summed E-state index contributed by atoms with van der Waals surface area (Å²) in [5.41, 5.74) is 1.19. The van der Waals surface area contributed by atoms with Crippen LogP contribution in [0.2, 0.25) is 0 Å². The molecule has 0 saturated heterocycles. The Labute approximate surface area is 237 Å². The number of carbonyl (C=O) groups excluding carboxylic acids is 4. The maximum atomic E-state index is 13.0. The maximum absolute atomic E-state index is 13.0. The summed E-state index contributed by atoms with van der Waals surface area (Å²) in [5.74, 6) is -3.34. The molecule has 3 aliphatic carbocycles. The van der Waals surface area contributed by atoms with Crippen LogP contribution in [-0.2, 0) is 38.1 Å². The number of rotatable bonds is 6. The molecule has 2 bridgehead atoms. The van der Waals surface area contributed by atoms with Crippen molar-refractivity contribution in [3.05, 3.63) is 23.3 Å². The first kappa shape index (κ1) is 31.8. The topological polar surface area (TPSA) is 125 Å². The summed E-state index contributed by atoms with van der Waals surface area (Å²) < 4.78 is 23.8. The molecule has 0 heterocycles. The minimum atomic E-state index is -0.891. The molecule has 0 amide bonds. The lowest BCUT2D eigenvalue weighted by Crippen LogP contribution is -2.58. The summed E-state index contributed by atoms with van der Waals surface area (Å²) in [6.07, 6.45) is -1.43. The van der Waals surface area contributed by atoms with Crippen LogP contribution in [-0.4, -0.2) is 59.5 Å². The Morgan fingerprint density at radius 2 is 1.45 bits per heavy atom. The van der Waals surface area contributed by atoms with Crippen molar-refractivity contribution in [2.45, 2.75) is 119 Å². The Kier molecular flexibility index (Phi) is 9.29. The molecule has 0 radical (unpaired) electrons. The van der Waals surface area contributed by atoms with Gasteiger partial charge in [-0.1, -0.05) is 27.4 Å². The molecule has 2 saturated carbocycles. The van der Waals surface area contributed by atoms with Crippen molar-refractivity contribution in [1.29, 1.82) is 0 Å². The molecule has 0 aromatic carbocycles. The fraction of sp³-hybridized carbons (Fsp3) is 0.742. The summed E-state index contributed by atoms with van der Waals surface area (Å²) in [4.78, 5) is 49.9. The van der Waals surface area contributed by atoms with Gasteiger partial charge in [-0.05, 0) is 74.0 Å². The molecule has 9 atom stereocenters. The first-order chi connectivity index (χ1) is 18.4. The van der Waals surface area contributed by atoms with E-state index >= 15 is 0 Å². The zero-order valence-corrected chi connectivity index (χ0v) is 25.4. The van der Waals surface area contributed by atoms with E-state index < -0.39 is 77.1 Å². The van der Waals surface area contributed by atoms with Crippen molar-refractivity contribution in [1.82, 2.24) is 0 Å². The number of hydrogen-bond acceptors (Lipinski definition) is 9. The molecule has 9 nitrogen and oxygen atoms in total. The van der Waals surface area contributed by atoms with E-state index in [4.69, 9.17) is 18.9 Å². The predicted octanol–water partition coefficient (Wildman–Crippen LogP) is 4.45. The van der Waals surface area contributed by atoms with Crippen LogP contribution in [0.4, 0.5) is 0 Å². The van der Waals surface area contributed by atoms with Gasteiger partial charge in [-0.25, -0.2) is 0 Å². The molecule has 0 spiro atoms. The van der Waals surface area contributed by atoms with Gasteiger partial charge in [0.15, 0.2) is 0 Å². The average molecular weight is 563 g/mol. The maximum Gasteiger partial charge on any atom is 0.311 e. The molecule has 0 unspecified atom stereocenters. The Morgan fingerprint density at radius 3 is 1.98 bits per heavy atom. The number of aliphatic hydroxyl groups excluding tert-OH is 1. The first-order valence-corrected chi connectivity index (χ1v) is 14.2. The van der Waals surface area contributed by atoms with Crippen LogP contribution in [0, 0.1) is 28.6 Å². The van der Waals surface area contributed by atoms with Crippen molar-refractivity contribution in [2.24, 2.45) is 28.6 Å². The van der Waals surface area contributed by atoms with E-state index in [0.717, 1.165) is 11.1 Å². The SMILES string of the molecule is C=C1[C@@H](OC(C)=O)CC[C@@]2(C)C[C@H](OC(C)=O)C3=C(C)[C@@H](OC(=O)[C@H](C)[C@H](C)O)C[C@@H]([C@@H](OC(C)=O)[C@H]12)C3(C)C. The van der Waals surface area contributed by atoms with Gasteiger partial charge in [-0.2, -0.15) is 0 Å². The number of fused-ring (bicyclic) bond motifs is 3. The molecule has 0 aromatic rings.